The Morgan fingerprint density at radius 2 is 1.83 bits per heavy atom. The van der Waals surface area contributed by atoms with Crippen LogP contribution in [0.15, 0.2) is 53.4 Å². The van der Waals surface area contributed by atoms with Gasteiger partial charge in [0, 0.05) is 27.4 Å². The summed E-state index contributed by atoms with van der Waals surface area (Å²) in [5, 5.41) is 1.05. The highest BCUT2D eigenvalue weighted by atomic mass is 32.2. The summed E-state index contributed by atoms with van der Waals surface area (Å²) in [6.07, 6.45) is 0. The highest BCUT2D eigenvalue weighted by Gasteiger charge is 2.13. The van der Waals surface area contributed by atoms with Crippen LogP contribution in [0.25, 0.3) is 21.8 Å². The van der Waals surface area contributed by atoms with E-state index in [-0.39, 0.29) is 0 Å². The first kappa shape index (κ1) is 16.2. The third-order valence-electron chi connectivity index (χ3n) is 3.70. The van der Waals surface area contributed by atoms with Crippen molar-refractivity contribution in [3.63, 3.8) is 0 Å². The number of thiazole rings is 1. The van der Waals surface area contributed by atoms with Gasteiger partial charge in [-0.2, -0.15) is 0 Å². The Bertz CT molecular complexity index is 791. The summed E-state index contributed by atoms with van der Waals surface area (Å²) < 4.78 is 0. The maximum Gasteiger partial charge on any atom is 0.124 e. The van der Waals surface area contributed by atoms with Crippen LogP contribution in [0.4, 0.5) is 0 Å². The second-order valence-corrected chi connectivity index (χ2v) is 7.78. The van der Waals surface area contributed by atoms with Gasteiger partial charge in [0.1, 0.15) is 5.01 Å². The SMILES string of the molecule is CCSc1ccc(-c2nc(-c3ccccc3CN)sc2C)cc1. The van der Waals surface area contributed by atoms with Gasteiger partial charge in [0.25, 0.3) is 0 Å². The molecule has 3 aromatic rings. The van der Waals surface area contributed by atoms with Gasteiger partial charge in [-0.3, -0.25) is 0 Å². The number of benzene rings is 2. The molecule has 0 atom stereocenters. The summed E-state index contributed by atoms with van der Waals surface area (Å²) in [6.45, 7) is 4.84. The van der Waals surface area contributed by atoms with Gasteiger partial charge < -0.3 is 5.73 Å². The number of aryl methyl sites for hydroxylation is 1. The molecule has 4 heteroatoms. The quantitative estimate of drug-likeness (QED) is 0.636. The van der Waals surface area contributed by atoms with Crippen molar-refractivity contribution >= 4 is 23.1 Å². The lowest BCUT2D eigenvalue weighted by Crippen LogP contribution is -1.98. The predicted octanol–water partition coefficient (Wildman–Crippen LogP) is 5.36. The monoisotopic (exact) mass is 340 g/mol. The van der Waals surface area contributed by atoms with Gasteiger partial charge in [-0.15, -0.1) is 23.1 Å². The van der Waals surface area contributed by atoms with E-state index in [9.17, 15) is 0 Å². The fraction of sp³-hybridized carbons (Fsp3) is 0.211. The molecule has 23 heavy (non-hydrogen) atoms. The number of aromatic nitrogens is 1. The molecule has 3 rings (SSSR count). The highest BCUT2D eigenvalue weighted by molar-refractivity contribution is 7.99. The molecule has 2 nitrogen and oxygen atoms in total. The summed E-state index contributed by atoms with van der Waals surface area (Å²) >= 11 is 3.59. The normalized spacial score (nSPS) is 10.9. The first-order chi connectivity index (χ1) is 11.2. The Morgan fingerprint density at radius 3 is 2.52 bits per heavy atom. The van der Waals surface area contributed by atoms with E-state index in [0.717, 1.165) is 27.6 Å². The van der Waals surface area contributed by atoms with Crippen molar-refractivity contribution in [2.24, 2.45) is 5.73 Å². The van der Waals surface area contributed by atoms with Gasteiger partial charge in [0.05, 0.1) is 5.69 Å². The van der Waals surface area contributed by atoms with Crippen LogP contribution in [-0.4, -0.2) is 10.7 Å². The molecule has 0 aliphatic heterocycles. The summed E-state index contributed by atoms with van der Waals surface area (Å²) in [5.74, 6) is 1.09. The lowest BCUT2D eigenvalue weighted by molar-refractivity contribution is 1.07. The molecule has 2 aromatic carbocycles. The Morgan fingerprint density at radius 1 is 1.09 bits per heavy atom. The van der Waals surface area contributed by atoms with E-state index in [4.69, 9.17) is 10.7 Å². The van der Waals surface area contributed by atoms with Crippen LogP contribution in [0.3, 0.4) is 0 Å². The van der Waals surface area contributed by atoms with Crippen LogP contribution < -0.4 is 5.73 Å². The summed E-state index contributed by atoms with van der Waals surface area (Å²) in [4.78, 5) is 7.43. The van der Waals surface area contributed by atoms with Gasteiger partial charge in [-0.25, -0.2) is 4.98 Å². The van der Waals surface area contributed by atoms with Gasteiger partial charge >= 0.3 is 0 Å². The van der Waals surface area contributed by atoms with Crippen molar-refractivity contribution in [2.75, 3.05) is 5.75 Å². The van der Waals surface area contributed by atoms with Crippen LogP contribution >= 0.6 is 23.1 Å². The van der Waals surface area contributed by atoms with Crippen LogP contribution in [0.1, 0.15) is 17.4 Å². The molecule has 2 N–H and O–H groups in total. The van der Waals surface area contributed by atoms with Gasteiger partial charge in [0.2, 0.25) is 0 Å². The number of rotatable bonds is 5. The number of thioether (sulfide) groups is 1. The van der Waals surface area contributed by atoms with Crippen LogP contribution in [-0.2, 0) is 6.54 Å². The topological polar surface area (TPSA) is 38.9 Å². The molecule has 0 aliphatic carbocycles. The van der Waals surface area contributed by atoms with E-state index in [2.05, 4.69) is 50.2 Å². The van der Waals surface area contributed by atoms with Crippen LogP contribution in [0.2, 0.25) is 0 Å². The first-order valence-corrected chi connectivity index (χ1v) is 9.52. The smallest absolute Gasteiger partial charge is 0.124 e. The lowest BCUT2D eigenvalue weighted by atomic mass is 10.1. The molecular formula is C19H20N2S2. The molecular weight excluding hydrogens is 320 g/mol. The molecule has 0 fully saturated rings. The zero-order chi connectivity index (χ0) is 16.2. The van der Waals surface area contributed by atoms with Crippen molar-refractivity contribution in [3.05, 3.63) is 59.0 Å². The van der Waals surface area contributed by atoms with Crippen molar-refractivity contribution in [1.29, 1.82) is 0 Å². The number of nitrogens with two attached hydrogens (primary N) is 1. The Hall–Kier alpha value is -1.62. The largest absolute Gasteiger partial charge is 0.326 e. The zero-order valence-electron chi connectivity index (χ0n) is 13.4. The zero-order valence-corrected chi connectivity index (χ0v) is 15.0. The van der Waals surface area contributed by atoms with Crippen molar-refractivity contribution < 1.29 is 0 Å². The Kier molecular flexibility index (Phi) is 5.16. The second kappa shape index (κ2) is 7.30. The maximum atomic E-state index is 5.86. The summed E-state index contributed by atoms with van der Waals surface area (Å²) in [5.41, 5.74) is 10.4. The van der Waals surface area contributed by atoms with E-state index in [1.54, 1.807) is 11.3 Å². The van der Waals surface area contributed by atoms with E-state index in [1.807, 2.05) is 23.9 Å². The van der Waals surface area contributed by atoms with Gasteiger partial charge in [-0.05, 0) is 30.4 Å². The Labute approximate surface area is 145 Å². The minimum atomic E-state index is 0.535. The van der Waals surface area contributed by atoms with E-state index in [0.29, 0.717) is 6.54 Å². The summed E-state index contributed by atoms with van der Waals surface area (Å²) in [6, 6.07) is 16.9. The molecule has 1 heterocycles. The Balaban J connectivity index is 1.98. The predicted molar refractivity (Wildman–Crippen MR) is 102 cm³/mol. The molecule has 0 radical (unpaired) electrons. The minimum absolute atomic E-state index is 0.535. The number of hydrogen-bond acceptors (Lipinski definition) is 4. The fourth-order valence-corrected chi connectivity index (χ4v) is 4.22. The molecule has 0 saturated heterocycles. The fourth-order valence-electron chi connectivity index (χ4n) is 2.56. The van der Waals surface area contributed by atoms with Crippen LogP contribution in [0.5, 0.6) is 0 Å². The highest BCUT2D eigenvalue weighted by Crippen LogP contribution is 2.35. The molecule has 1 aromatic heterocycles. The maximum absolute atomic E-state index is 5.86. The molecule has 0 amide bonds. The average molecular weight is 341 g/mol. The van der Waals surface area contributed by atoms with E-state index in [1.165, 1.54) is 15.3 Å². The standard InChI is InChI=1S/C19H20N2S2/c1-3-22-16-10-8-14(9-11-16)18-13(2)23-19(21-18)17-7-5-4-6-15(17)12-20/h4-11H,3,12,20H2,1-2H3. The minimum Gasteiger partial charge on any atom is -0.326 e. The molecule has 0 aliphatic rings. The summed E-state index contributed by atoms with van der Waals surface area (Å²) in [7, 11) is 0. The molecule has 0 bridgehead atoms. The van der Waals surface area contributed by atoms with Crippen molar-refractivity contribution in [1.82, 2.24) is 4.98 Å². The number of nitrogens with zero attached hydrogens (tertiary/aromatic N) is 1. The second-order valence-electron chi connectivity index (χ2n) is 5.24. The van der Waals surface area contributed by atoms with Crippen molar-refractivity contribution in [2.45, 2.75) is 25.3 Å². The number of hydrogen-bond donors (Lipinski definition) is 1. The molecule has 118 valence electrons. The van der Waals surface area contributed by atoms with Crippen LogP contribution in [0, 0.1) is 6.92 Å². The lowest BCUT2D eigenvalue weighted by Gasteiger charge is -2.04. The van der Waals surface area contributed by atoms with Crippen molar-refractivity contribution in [3.8, 4) is 21.8 Å². The van der Waals surface area contributed by atoms with E-state index < -0.39 is 0 Å². The molecule has 0 saturated carbocycles. The van der Waals surface area contributed by atoms with E-state index >= 15 is 0 Å². The van der Waals surface area contributed by atoms with Gasteiger partial charge in [0.15, 0.2) is 0 Å². The third kappa shape index (κ3) is 3.50. The molecule has 0 unspecified atom stereocenters. The molecule has 0 spiro atoms. The van der Waals surface area contributed by atoms with Gasteiger partial charge in [-0.1, -0.05) is 43.3 Å². The average Bonchev–Trinajstić information content (AvgIpc) is 2.97. The third-order valence-corrected chi connectivity index (χ3v) is 5.60. The first-order valence-electron chi connectivity index (χ1n) is 7.72.